The van der Waals surface area contributed by atoms with Crippen LogP contribution in [-0.4, -0.2) is 10.7 Å². The molecule has 0 saturated heterocycles. The van der Waals surface area contributed by atoms with Crippen molar-refractivity contribution in [2.45, 2.75) is 44.1 Å². The molecule has 0 radical (unpaired) electrons. The molecule has 1 aromatic heterocycles. The van der Waals surface area contributed by atoms with Gasteiger partial charge in [-0.15, -0.1) is 11.3 Å². The standard InChI is InChI=1S/C15H20OS/c16-15(9-11-3-2-6-17-11)8-10-7-14(15)13-5-1-4-12(10)13/h2-3,6,10,12-14,16H,1,4-5,7-9H2. The van der Waals surface area contributed by atoms with Crippen LogP contribution < -0.4 is 0 Å². The lowest BCUT2D eigenvalue weighted by Crippen LogP contribution is -2.42. The van der Waals surface area contributed by atoms with Gasteiger partial charge < -0.3 is 5.11 Å². The lowest BCUT2D eigenvalue weighted by molar-refractivity contribution is -0.0444. The third kappa shape index (κ3) is 1.47. The quantitative estimate of drug-likeness (QED) is 0.849. The maximum Gasteiger partial charge on any atom is 0.0729 e. The van der Waals surface area contributed by atoms with Gasteiger partial charge in [-0.25, -0.2) is 0 Å². The molecule has 5 unspecified atom stereocenters. The van der Waals surface area contributed by atoms with E-state index in [1.54, 1.807) is 11.3 Å². The first-order chi connectivity index (χ1) is 8.26. The highest BCUT2D eigenvalue weighted by Crippen LogP contribution is 2.63. The van der Waals surface area contributed by atoms with Crippen molar-refractivity contribution in [2.24, 2.45) is 23.7 Å². The Bertz CT molecular complexity index is 413. The van der Waals surface area contributed by atoms with Crippen molar-refractivity contribution in [1.82, 2.24) is 0 Å². The van der Waals surface area contributed by atoms with Crippen molar-refractivity contribution < 1.29 is 5.11 Å². The summed E-state index contributed by atoms with van der Waals surface area (Å²) in [6.45, 7) is 0. The Hall–Kier alpha value is -0.340. The summed E-state index contributed by atoms with van der Waals surface area (Å²) >= 11 is 1.80. The van der Waals surface area contributed by atoms with Crippen LogP contribution in [0.1, 0.15) is 37.0 Å². The normalized spacial score (nSPS) is 47.6. The molecule has 1 N–H and O–H groups in total. The number of aliphatic hydroxyl groups is 1. The average molecular weight is 248 g/mol. The molecule has 0 amide bonds. The monoisotopic (exact) mass is 248 g/mol. The van der Waals surface area contributed by atoms with Crippen LogP contribution in [0.4, 0.5) is 0 Å². The summed E-state index contributed by atoms with van der Waals surface area (Å²) in [5.74, 6) is 3.29. The summed E-state index contributed by atoms with van der Waals surface area (Å²) < 4.78 is 0. The number of rotatable bonds is 2. The predicted molar refractivity (Wildman–Crippen MR) is 70.0 cm³/mol. The maximum atomic E-state index is 11.0. The molecule has 1 aromatic rings. The molecule has 2 heteroatoms. The Balaban J connectivity index is 1.59. The number of hydrogen-bond acceptors (Lipinski definition) is 2. The second-order valence-corrected chi connectivity index (χ2v) is 7.46. The van der Waals surface area contributed by atoms with E-state index in [2.05, 4.69) is 17.5 Å². The van der Waals surface area contributed by atoms with E-state index in [9.17, 15) is 5.11 Å². The highest BCUT2D eigenvalue weighted by molar-refractivity contribution is 7.09. The Labute approximate surface area is 107 Å². The Morgan fingerprint density at radius 1 is 1.35 bits per heavy atom. The molecule has 3 aliphatic rings. The highest BCUT2D eigenvalue weighted by Gasteiger charge is 2.60. The molecular weight excluding hydrogens is 228 g/mol. The summed E-state index contributed by atoms with van der Waals surface area (Å²) in [6.07, 6.45) is 7.56. The molecule has 3 saturated carbocycles. The van der Waals surface area contributed by atoms with E-state index in [1.165, 1.54) is 30.6 Å². The maximum absolute atomic E-state index is 11.0. The van der Waals surface area contributed by atoms with E-state index in [-0.39, 0.29) is 5.60 Å². The predicted octanol–water partition coefficient (Wildman–Crippen LogP) is 3.48. The first kappa shape index (κ1) is 10.6. The van der Waals surface area contributed by atoms with Gasteiger partial charge in [-0.3, -0.25) is 0 Å². The first-order valence-electron chi connectivity index (χ1n) is 7.01. The molecule has 1 nitrogen and oxygen atoms in total. The van der Waals surface area contributed by atoms with Gasteiger partial charge in [0, 0.05) is 11.3 Å². The van der Waals surface area contributed by atoms with E-state index in [1.807, 2.05) is 0 Å². The third-order valence-corrected chi connectivity index (χ3v) is 6.55. The molecule has 0 aliphatic heterocycles. The van der Waals surface area contributed by atoms with Crippen LogP contribution in [0.2, 0.25) is 0 Å². The Kier molecular flexibility index (Phi) is 2.23. The molecule has 3 fully saturated rings. The number of fused-ring (bicyclic) bond motifs is 5. The molecule has 92 valence electrons. The number of thiophene rings is 1. The van der Waals surface area contributed by atoms with Crippen LogP contribution in [-0.2, 0) is 6.42 Å². The SMILES string of the molecule is OC1(Cc2cccs2)CC2CC1C1CCCC21. The average Bonchev–Trinajstić information content (AvgIpc) is 2.96. The van der Waals surface area contributed by atoms with E-state index >= 15 is 0 Å². The molecule has 4 rings (SSSR count). The van der Waals surface area contributed by atoms with Gasteiger partial charge in [0.2, 0.25) is 0 Å². The van der Waals surface area contributed by atoms with E-state index in [4.69, 9.17) is 0 Å². The Morgan fingerprint density at radius 2 is 2.24 bits per heavy atom. The van der Waals surface area contributed by atoms with Crippen molar-refractivity contribution in [3.05, 3.63) is 22.4 Å². The zero-order valence-electron chi connectivity index (χ0n) is 10.1. The van der Waals surface area contributed by atoms with E-state index in [0.717, 1.165) is 30.6 Å². The summed E-state index contributed by atoms with van der Waals surface area (Å²) in [5.41, 5.74) is -0.360. The second kappa shape index (κ2) is 3.58. The van der Waals surface area contributed by atoms with Crippen molar-refractivity contribution in [3.8, 4) is 0 Å². The van der Waals surface area contributed by atoms with Gasteiger partial charge in [0.25, 0.3) is 0 Å². The minimum Gasteiger partial charge on any atom is -0.389 e. The van der Waals surface area contributed by atoms with Crippen molar-refractivity contribution in [1.29, 1.82) is 0 Å². The van der Waals surface area contributed by atoms with Crippen LogP contribution in [0.15, 0.2) is 17.5 Å². The fraction of sp³-hybridized carbons (Fsp3) is 0.733. The van der Waals surface area contributed by atoms with Crippen LogP contribution in [0.25, 0.3) is 0 Å². The molecule has 1 heterocycles. The molecule has 0 aromatic carbocycles. The lowest BCUT2D eigenvalue weighted by atomic mass is 9.71. The smallest absolute Gasteiger partial charge is 0.0729 e. The Morgan fingerprint density at radius 3 is 3.06 bits per heavy atom. The van der Waals surface area contributed by atoms with Gasteiger partial charge in [-0.2, -0.15) is 0 Å². The first-order valence-corrected chi connectivity index (χ1v) is 7.89. The largest absolute Gasteiger partial charge is 0.389 e. The van der Waals surface area contributed by atoms with Gasteiger partial charge in [0.1, 0.15) is 0 Å². The number of hydrogen-bond donors (Lipinski definition) is 1. The van der Waals surface area contributed by atoms with Gasteiger partial charge in [-0.05, 0) is 60.8 Å². The molecule has 3 aliphatic carbocycles. The fourth-order valence-electron chi connectivity index (χ4n) is 5.15. The molecule has 17 heavy (non-hydrogen) atoms. The van der Waals surface area contributed by atoms with Crippen LogP contribution >= 0.6 is 11.3 Å². The summed E-state index contributed by atoms with van der Waals surface area (Å²) in [5, 5.41) is 13.1. The molecule has 5 atom stereocenters. The van der Waals surface area contributed by atoms with Crippen LogP contribution in [0.3, 0.4) is 0 Å². The van der Waals surface area contributed by atoms with Gasteiger partial charge >= 0.3 is 0 Å². The highest BCUT2D eigenvalue weighted by atomic mass is 32.1. The zero-order chi connectivity index (χ0) is 11.5. The van der Waals surface area contributed by atoms with Gasteiger partial charge in [0.05, 0.1) is 5.60 Å². The van der Waals surface area contributed by atoms with Crippen LogP contribution in [0, 0.1) is 23.7 Å². The molecular formula is C15H20OS. The third-order valence-electron chi connectivity index (χ3n) is 5.67. The fourth-order valence-corrected chi connectivity index (χ4v) is 5.98. The summed E-state index contributed by atoms with van der Waals surface area (Å²) in [6, 6.07) is 4.29. The topological polar surface area (TPSA) is 20.2 Å². The molecule has 2 bridgehead atoms. The minimum absolute atomic E-state index is 0.360. The lowest BCUT2D eigenvalue weighted by Gasteiger charge is -2.38. The van der Waals surface area contributed by atoms with Gasteiger partial charge in [0.15, 0.2) is 0 Å². The van der Waals surface area contributed by atoms with Gasteiger partial charge in [-0.1, -0.05) is 12.5 Å². The van der Waals surface area contributed by atoms with Crippen molar-refractivity contribution in [3.63, 3.8) is 0 Å². The zero-order valence-corrected chi connectivity index (χ0v) is 11.0. The van der Waals surface area contributed by atoms with Crippen molar-refractivity contribution >= 4 is 11.3 Å². The van der Waals surface area contributed by atoms with Crippen molar-refractivity contribution in [2.75, 3.05) is 0 Å². The molecule has 0 spiro atoms. The summed E-state index contributed by atoms with van der Waals surface area (Å²) in [4.78, 5) is 1.37. The summed E-state index contributed by atoms with van der Waals surface area (Å²) in [7, 11) is 0. The van der Waals surface area contributed by atoms with E-state index in [0.29, 0.717) is 5.92 Å². The second-order valence-electron chi connectivity index (χ2n) is 6.42. The van der Waals surface area contributed by atoms with E-state index < -0.39 is 0 Å². The van der Waals surface area contributed by atoms with Crippen LogP contribution in [0.5, 0.6) is 0 Å². The minimum atomic E-state index is -0.360.